The summed E-state index contributed by atoms with van der Waals surface area (Å²) in [4.78, 5) is 32.5. The molecule has 0 N–H and O–H groups in total. The molecule has 0 saturated heterocycles. The molecule has 5 heteroatoms. The molecule has 0 aliphatic heterocycles. The summed E-state index contributed by atoms with van der Waals surface area (Å²) in [5.41, 5.74) is 2.01. The minimum Gasteiger partial charge on any atom is -0.345 e. The van der Waals surface area contributed by atoms with E-state index in [0.29, 0.717) is 13.0 Å². The minimum atomic E-state index is -0.193. The van der Waals surface area contributed by atoms with E-state index in [0.717, 1.165) is 17.7 Å². The Labute approximate surface area is 148 Å². The fraction of sp³-hybridized carbons (Fsp3) is 0.350. The topological polar surface area (TPSA) is 53.5 Å². The highest BCUT2D eigenvalue weighted by atomic mass is 16.2. The normalized spacial score (nSPS) is 18.5. The zero-order valence-electron chi connectivity index (χ0n) is 14.6. The highest BCUT2D eigenvalue weighted by Crippen LogP contribution is 2.41. The number of para-hydroxylation sites is 1. The van der Waals surface area contributed by atoms with Crippen molar-refractivity contribution in [3.8, 4) is 0 Å². The van der Waals surface area contributed by atoms with Gasteiger partial charge in [-0.15, -0.1) is 0 Å². The number of hydrogen-bond donors (Lipinski definition) is 0. The molecule has 25 heavy (non-hydrogen) atoms. The van der Waals surface area contributed by atoms with Crippen LogP contribution in [-0.4, -0.2) is 42.3 Å². The van der Waals surface area contributed by atoms with Gasteiger partial charge in [-0.25, -0.2) is 0 Å². The predicted octanol–water partition coefficient (Wildman–Crippen LogP) is 2.38. The number of pyridine rings is 1. The number of nitrogens with zero attached hydrogens (tertiary/aromatic N) is 3. The molecule has 1 aliphatic carbocycles. The van der Waals surface area contributed by atoms with Gasteiger partial charge in [0.15, 0.2) is 0 Å². The summed E-state index contributed by atoms with van der Waals surface area (Å²) in [6, 6.07) is 13.4. The van der Waals surface area contributed by atoms with Crippen molar-refractivity contribution in [3.63, 3.8) is 0 Å². The Hall–Kier alpha value is -2.69. The van der Waals surface area contributed by atoms with Crippen LogP contribution in [-0.2, 0) is 16.0 Å². The van der Waals surface area contributed by atoms with Crippen molar-refractivity contribution in [2.24, 2.45) is 11.8 Å². The van der Waals surface area contributed by atoms with Crippen molar-refractivity contribution in [3.05, 3.63) is 60.4 Å². The molecule has 2 amide bonds. The first kappa shape index (κ1) is 17.1. The second-order valence-corrected chi connectivity index (χ2v) is 6.55. The summed E-state index contributed by atoms with van der Waals surface area (Å²) in [5.74, 6) is -0.289. The van der Waals surface area contributed by atoms with Gasteiger partial charge in [0, 0.05) is 38.7 Å². The van der Waals surface area contributed by atoms with Crippen LogP contribution < -0.4 is 4.90 Å². The van der Waals surface area contributed by atoms with E-state index in [9.17, 15) is 9.59 Å². The van der Waals surface area contributed by atoms with Gasteiger partial charge in [-0.1, -0.05) is 18.2 Å². The molecule has 1 aliphatic rings. The van der Waals surface area contributed by atoms with Gasteiger partial charge in [0.25, 0.3) is 0 Å². The van der Waals surface area contributed by atoms with E-state index in [1.165, 1.54) is 0 Å². The third kappa shape index (κ3) is 4.05. The molecular weight excluding hydrogens is 314 g/mol. The molecule has 2 aromatic rings. The molecule has 1 aromatic carbocycles. The second kappa shape index (κ2) is 7.47. The van der Waals surface area contributed by atoms with E-state index in [1.807, 2.05) is 49.5 Å². The Morgan fingerprint density at radius 1 is 1.00 bits per heavy atom. The van der Waals surface area contributed by atoms with Gasteiger partial charge in [-0.3, -0.25) is 14.6 Å². The highest BCUT2D eigenvalue weighted by molar-refractivity contribution is 6.00. The maximum atomic E-state index is 12.6. The molecule has 2 atom stereocenters. The molecule has 2 unspecified atom stereocenters. The number of benzene rings is 1. The summed E-state index contributed by atoms with van der Waals surface area (Å²) >= 11 is 0. The van der Waals surface area contributed by atoms with Crippen LogP contribution in [0.1, 0.15) is 12.0 Å². The van der Waals surface area contributed by atoms with Crippen LogP contribution in [0.3, 0.4) is 0 Å². The summed E-state index contributed by atoms with van der Waals surface area (Å²) in [6.07, 6.45) is 4.95. The van der Waals surface area contributed by atoms with Crippen LogP contribution in [0.4, 0.5) is 5.69 Å². The first-order valence-corrected chi connectivity index (χ1v) is 8.54. The van der Waals surface area contributed by atoms with E-state index in [2.05, 4.69) is 4.98 Å². The largest absolute Gasteiger partial charge is 0.345 e. The fourth-order valence-electron chi connectivity index (χ4n) is 3.01. The van der Waals surface area contributed by atoms with Crippen molar-refractivity contribution in [1.82, 2.24) is 9.88 Å². The van der Waals surface area contributed by atoms with Crippen LogP contribution in [0.25, 0.3) is 0 Å². The first-order chi connectivity index (χ1) is 12.1. The van der Waals surface area contributed by atoms with Gasteiger partial charge in [-0.2, -0.15) is 0 Å². The van der Waals surface area contributed by atoms with Gasteiger partial charge in [-0.05, 0) is 42.7 Å². The van der Waals surface area contributed by atoms with Gasteiger partial charge in [0.2, 0.25) is 11.8 Å². The molecule has 1 fully saturated rings. The van der Waals surface area contributed by atoms with Crippen LogP contribution >= 0.6 is 0 Å². The Morgan fingerprint density at radius 3 is 2.32 bits per heavy atom. The minimum absolute atomic E-state index is 0.0204. The lowest BCUT2D eigenvalue weighted by molar-refractivity contribution is -0.133. The zero-order valence-corrected chi connectivity index (χ0v) is 14.6. The van der Waals surface area contributed by atoms with Gasteiger partial charge >= 0.3 is 0 Å². The number of rotatable bonds is 6. The standard InChI is InChI=1S/C20H23N3O2/c1-22(13-10-15-8-11-21-12-9-15)19(24)17-14-18(17)20(25)23(2)16-6-4-3-5-7-16/h3-9,11-12,17-18H,10,13-14H2,1-2H3. The van der Waals surface area contributed by atoms with Gasteiger partial charge in [0.1, 0.15) is 0 Å². The Bertz CT molecular complexity index is 733. The summed E-state index contributed by atoms with van der Waals surface area (Å²) in [7, 11) is 3.58. The lowest BCUT2D eigenvalue weighted by atomic mass is 10.2. The molecule has 0 radical (unpaired) electrons. The number of carbonyl (C=O) groups excluding carboxylic acids is 2. The second-order valence-electron chi connectivity index (χ2n) is 6.55. The molecule has 1 saturated carbocycles. The molecule has 1 aromatic heterocycles. The molecule has 0 bridgehead atoms. The maximum Gasteiger partial charge on any atom is 0.230 e. The molecule has 5 nitrogen and oxygen atoms in total. The summed E-state index contributed by atoms with van der Waals surface area (Å²) in [6.45, 7) is 0.648. The van der Waals surface area contributed by atoms with E-state index >= 15 is 0 Å². The molecular formula is C20H23N3O2. The van der Waals surface area contributed by atoms with Crippen LogP contribution in [0.15, 0.2) is 54.9 Å². The lowest BCUT2D eigenvalue weighted by Crippen LogP contribution is -2.33. The van der Waals surface area contributed by atoms with Crippen LogP contribution in [0.5, 0.6) is 0 Å². The molecule has 3 rings (SSSR count). The molecule has 130 valence electrons. The van der Waals surface area contributed by atoms with Crippen molar-refractivity contribution in [2.75, 3.05) is 25.5 Å². The van der Waals surface area contributed by atoms with E-state index in [-0.39, 0.29) is 23.7 Å². The number of carbonyl (C=O) groups is 2. The summed E-state index contributed by atoms with van der Waals surface area (Å²) < 4.78 is 0. The van der Waals surface area contributed by atoms with Crippen molar-refractivity contribution < 1.29 is 9.59 Å². The third-order valence-corrected chi connectivity index (χ3v) is 4.76. The zero-order chi connectivity index (χ0) is 17.8. The van der Waals surface area contributed by atoms with E-state index in [1.54, 1.807) is 29.2 Å². The van der Waals surface area contributed by atoms with E-state index in [4.69, 9.17) is 0 Å². The number of anilines is 1. The summed E-state index contributed by atoms with van der Waals surface area (Å²) in [5, 5.41) is 0. The van der Waals surface area contributed by atoms with Crippen molar-refractivity contribution in [1.29, 1.82) is 0 Å². The highest BCUT2D eigenvalue weighted by Gasteiger charge is 2.50. The SMILES string of the molecule is CN(CCc1ccncc1)C(=O)C1CC1C(=O)N(C)c1ccccc1. The average Bonchev–Trinajstić information content (AvgIpc) is 3.46. The smallest absolute Gasteiger partial charge is 0.230 e. The third-order valence-electron chi connectivity index (χ3n) is 4.76. The predicted molar refractivity (Wildman–Crippen MR) is 97.0 cm³/mol. The monoisotopic (exact) mass is 337 g/mol. The fourth-order valence-corrected chi connectivity index (χ4v) is 3.01. The number of likely N-dealkylation sites (N-methyl/N-ethyl adjacent to an activating group) is 1. The van der Waals surface area contributed by atoms with Crippen molar-refractivity contribution in [2.45, 2.75) is 12.8 Å². The maximum absolute atomic E-state index is 12.6. The van der Waals surface area contributed by atoms with Gasteiger partial charge in [0.05, 0.1) is 11.8 Å². The number of hydrogen-bond acceptors (Lipinski definition) is 3. The molecule has 1 heterocycles. The average molecular weight is 337 g/mol. The first-order valence-electron chi connectivity index (χ1n) is 8.54. The quantitative estimate of drug-likeness (QED) is 0.813. The van der Waals surface area contributed by atoms with Crippen LogP contribution in [0.2, 0.25) is 0 Å². The van der Waals surface area contributed by atoms with Gasteiger partial charge < -0.3 is 9.80 Å². The Balaban J connectivity index is 1.52. The lowest BCUT2D eigenvalue weighted by Gasteiger charge is -2.19. The van der Waals surface area contributed by atoms with E-state index < -0.39 is 0 Å². The number of amides is 2. The Kier molecular flexibility index (Phi) is 5.12. The van der Waals surface area contributed by atoms with Crippen molar-refractivity contribution >= 4 is 17.5 Å². The number of aromatic nitrogens is 1. The molecule has 0 spiro atoms. The Morgan fingerprint density at radius 2 is 1.64 bits per heavy atom. The van der Waals surface area contributed by atoms with Crippen LogP contribution in [0, 0.1) is 11.8 Å².